The van der Waals surface area contributed by atoms with Crippen molar-refractivity contribution in [2.75, 3.05) is 25.2 Å². The molecule has 0 aliphatic carbocycles. The molecule has 2 aliphatic rings. The maximum atomic E-state index is 13.6. The van der Waals surface area contributed by atoms with Crippen LogP contribution in [0, 0.1) is 0 Å². The molecule has 190 valence electrons. The highest BCUT2D eigenvalue weighted by Gasteiger charge is 2.41. The van der Waals surface area contributed by atoms with Crippen LogP contribution in [0.2, 0.25) is 0 Å². The minimum absolute atomic E-state index is 0.0236. The Bertz CT molecular complexity index is 1160. The SMILES string of the molecule is COc1ccc(S[C@@H]2C[C@@H](C(=O)N[C@H]3CCS(=O)(=O)C3)N(Cc3ccccc3C(F)(F)F)C2)cc1. The topological polar surface area (TPSA) is 75.7 Å². The van der Waals surface area contributed by atoms with E-state index in [9.17, 15) is 26.4 Å². The first-order valence-corrected chi connectivity index (χ1v) is 13.9. The van der Waals surface area contributed by atoms with E-state index in [1.54, 1.807) is 29.8 Å². The van der Waals surface area contributed by atoms with Crippen LogP contribution in [0.4, 0.5) is 13.2 Å². The molecule has 11 heteroatoms. The maximum absolute atomic E-state index is 13.6. The van der Waals surface area contributed by atoms with Gasteiger partial charge in [0.1, 0.15) is 5.75 Å². The molecule has 0 aromatic heterocycles. The number of amides is 1. The Morgan fingerprint density at radius 2 is 1.89 bits per heavy atom. The van der Waals surface area contributed by atoms with E-state index in [0.717, 1.165) is 16.7 Å². The second kappa shape index (κ2) is 10.4. The number of nitrogens with one attached hydrogen (secondary N) is 1. The number of nitrogens with zero attached hydrogens (tertiary/aromatic N) is 1. The molecule has 2 aromatic carbocycles. The lowest BCUT2D eigenvalue weighted by molar-refractivity contribution is -0.138. The summed E-state index contributed by atoms with van der Waals surface area (Å²) >= 11 is 1.56. The van der Waals surface area contributed by atoms with Crippen LogP contribution in [0.1, 0.15) is 24.0 Å². The van der Waals surface area contributed by atoms with E-state index in [1.165, 1.54) is 12.1 Å². The zero-order valence-electron chi connectivity index (χ0n) is 19.1. The van der Waals surface area contributed by atoms with Gasteiger partial charge in [-0.25, -0.2) is 8.42 Å². The third kappa shape index (κ3) is 6.50. The lowest BCUT2D eigenvalue weighted by atomic mass is 10.1. The van der Waals surface area contributed by atoms with Crippen LogP contribution >= 0.6 is 11.8 Å². The van der Waals surface area contributed by atoms with Crippen molar-refractivity contribution in [3.63, 3.8) is 0 Å². The van der Waals surface area contributed by atoms with Crippen LogP contribution < -0.4 is 10.1 Å². The standard InChI is InChI=1S/C24H27F3N2O4S2/c1-33-18-6-8-19(9-7-18)34-20-12-22(23(30)28-17-10-11-35(31,32)15-17)29(14-20)13-16-4-2-3-5-21(16)24(25,26)27/h2-9,17,20,22H,10-15H2,1H3,(H,28,30)/t17-,20+,22-/m0/s1. The van der Waals surface area contributed by atoms with Crippen LogP contribution in [0.25, 0.3) is 0 Å². The van der Waals surface area contributed by atoms with Crippen molar-refractivity contribution < 1.29 is 31.1 Å². The number of benzene rings is 2. The average Bonchev–Trinajstić information content (AvgIpc) is 3.35. The molecule has 0 spiro atoms. The molecule has 1 amide bonds. The van der Waals surface area contributed by atoms with Crippen molar-refractivity contribution in [3.8, 4) is 5.75 Å². The highest BCUT2D eigenvalue weighted by molar-refractivity contribution is 8.00. The molecular weight excluding hydrogens is 501 g/mol. The summed E-state index contributed by atoms with van der Waals surface area (Å²) in [6.45, 7) is 0.389. The summed E-state index contributed by atoms with van der Waals surface area (Å²) in [6, 6.07) is 11.7. The highest BCUT2D eigenvalue weighted by atomic mass is 32.2. The number of hydrogen-bond acceptors (Lipinski definition) is 6. The van der Waals surface area contributed by atoms with Gasteiger partial charge in [-0.15, -0.1) is 11.8 Å². The van der Waals surface area contributed by atoms with Crippen LogP contribution in [0.15, 0.2) is 53.4 Å². The van der Waals surface area contributed by atoms with E-state index in [1.807, 2.05) is 24.3 Å². The number of sulfone groups is 1. The number of rotatable bonds is 7. The second-order valence-electron chi connectivity index (χ2n) is 8.86. The fraction of sp³-hybridized carbons (Fsp3) is 0.458. The predicted molar refractivity (Wildman–Crippen MR) is 128 cm³/mol. The zero-order valence-corrected chi connectivity index (χ0v) is 20.8. The Hall–Kier alpha value is -2.24. The number of thioether (sulfide) groups is 1. The monoisotopic (exact) mass is 528 g/mol. The molecule has 35 heavy (non-hydrogen) atoms. The summed E-state index contributed by atoms with van der Waals surface area (Å²) in [6.07, 6.45) is -3.71. The first kappa shape index (κ1) is 25.8. The van der Waals surface area contributed by atoms with Crippen LogP contribution in [-0.4, -0.2) is 61.7 Å². The molecule has 2 saturated heterocycles. The molecule has 2 aromatic rings. The van der Waals surface area contributed by atoms with Gasteiger partial charge in [0.2, 0.25) is 5.91 Å². The van der Waals surface area contributed by atoms with Crippen LogP contribution in [0.3, 0.4) is 0 Å². The maximum Gasteiger partial charge on any atom is 0.416 e. The fourth-order valence-corrected chi connectivity index (χ4v) is 7.50. The molecular formula is C24H27F3N2O4S2. The Morgan fingerprint density at radius 3 is 2.51 bits per heavy atom. The van der Waals surface area contributed by atoms with Crippen LogP contribution in [0.5, 0.6) is 5.75 Å². The van der Waals surface area contributed by atoms with Gasteiger partial charge in [-0.1, -0.05) is 18.2 Å². The first-order chi connectivity index (χ1) is 16.5. The Labute approximate surface area is 207 Å². The number of ether oxygens (including phenoxy) is 1. The largest absolute Gasteiger partial charge is 0.497 e. The molecule has 1 N–H and O–H groups in total. The summed E-state index contributed by atoms with van der Waals surface area (Å²) in [4.78, 5) is 15.9. The van der Waals surface area contributed by atoms with Crippen molar-refractivity contribution >= 4 is 27.5 Å². The zero-order chi connectivity index (χ0) is 25.2. The van der Waals surface area contributed by atoms with Crippen molar-refractivity contribution in [3.05, 3.63) is 59.7 Å². The normalized spacial score (nSPS) is 24.4. The number of hydrogen-bond donors (Lipinski definition) is 1. The molecule has 4 rings (SSSR count). The van der Waals surface area contributed by atoms with E-state index in [4.69, 9.17) is 4.74 Å². The molecule has 0 saturated carbocycles. The summed E-state index contributed by atoms with van der Waals surface area (Å²) < 4.78 is 69.5. The van der Waals surface area contributed by atoms with E-state index in [-0.39, 0.29) is 34.8 Å². The lowest BCUT2D eigenvalue weighted by Gasteiger charge is -2.26. The van der Waals surface area contributed by atoms with Gasteiger partial charge in [0, 0.05) is 29.3 Å². The Morgan fingerprint density at radius 1 is 1.17 bits per heavy atom. The van der Waals surface area contributed by atoms with Gasteiger partial charge in [0.05, 0.1) is 30.2 Å². The van der Waals surface area contributed by atoms with Crippen molar-refractivity contribution in [2.45, 2.75) is 47.8 Å². The van der Waals surface area contributed by atoms with Gasteiger partial charge in [-0.3, -0.25) is 9.69 Å². The van der Waals surface area contributed by atoms with Crippen molar-refractivity contribution in [2.24, 2.45) is 0 Å². The Balaban J connectivity index is 1.53. The second-order valence-corrected chi connectivity index (χ2v) is 12.5. The number of alkyl halides is 3. The molecule has 0 unspecified atom stereocenters. The predicted octanol–water partition coefficient (Wildman–Crippen LogP) is 3.75. The van der Waals surface area contributed by atoms with E-state index >= 15 is 0 Å². The van der Waals surface area contributed by atoms with Gasteiger partial charge in [-0.2, -0.15) is 13.2 Å². The number of likely N-dealkylation sites (tertiary alicyclic amines) is 1. The van der Waals surface area contributed by atoms with E-state index in [0.29, 0.717) is 19.4 Å². The molecule has 6 nitrogen and oxygen atoms in total. The fourth-order valence-electron chi connectivity index (χ4n) is 4.60. The van der Waals surface area contributed by atoms with E-state index < -0.39 is 33.7 Å². The molecule has 3 atom stereocenters. The molecule has 0 bridgehead atoms. The van der Waals surface area contributed by atoms with Crippen molar-refractivity contribution in [1.82, 2.24) is 10.2 Å². The summed E-state index contributed by atoms with van der Waals surface area (Å²) in [7, 11) is -1.60. The number of methoxy groups -OCH3 is 1. The lowest BCUT2D eigenvalue weighted by Crippen LogP contribution is -2.47. The van der Waals surface area contributed by atoms with Gasteiger partial charge < -0.3 is 10.1 Å². The minimum atomic E-state index is -4.50. The van der Waals surface area contributed by atoms with Gasteiger partial charge in [0.25, 0.3) is 0 Å². The molecule has 0 radical (unpaired) electrons. The first-order valence-electron chi connectivity index (χ1n) is 11.2. The van der Waals surface area contributed by atoms with Gasteiger partial charge >= 0.3 is 6.18 Å². The van der Waals surface area contributed by atoms with Gasteiger partial charge in [0.15, 0.2) is 9.84 Å². The summed E-state index contributed by atoms with van der Waals surface area (Å²) in [5.74, 6) is 0.303. The third-order valence-corrected chi connectivity index (χ3v) is 9.29. The summed E-state index contributed by atoms with van der Waals surface area (Å²) in [5, 5.41) is 2.81. The molecule has 2 aliphatic heterocycles. The van der Waals surface area contributed by atoms with Gasteiger partial charge in [-0.05, 0) is 48.7 Å². The number of halogens is 3. The number of carbonyl (C=O) groups is 1. The quantitative estimate of drug-likeness (QED) is 0.590. The summed E-state index contributed by atoms with van der Waals surface area (Å²) in [5.41, 5.74) is -0.608. The molecule has 2 fully saturated rings. The number of carbonyl (C=O) groups excluding carboxylic acids is 1. The minimum Gasteiger partial charge on any atom is -0.497 e. The highest BCUT2D eigenvalue weighted by Crippen LogP contribution is 2.37. The third-order valence-electron chi connectivity index (χ3n) is 6.30. The Kier molecular flexibility index (Phi) is 7.68. The molecule has 2 heterocycles. The van der Waals surface area contributed by atoms with E-state index in [2.05, 4.69) is 5.32 Å². The average molecular weight is 529 g/mol. The van der Waals surface area contributed by atoms with Crippen LogP contribution in [-0.2, 0) is 27.4 Å². The smallest absolute Gasteiger partial charge is 0.416 e. The van der Waals surface area contributed by atoms with Crippen molar-refractivity contribution in [1.29, 1.82) is 0 Å².